The van der Waals surface area contributed by atoms with Gasteiger partial charge in [0.05, 0.1) is 12.1 Å². The van der Waals surface area contributed by atoms with E-state index in [2.05, 4.69) is 25.8 Å². The lowest BCUT2D eigenvalue weighted by Gasteiger charge is -2.20. The first kappa shape index (κ1) is 20.6. The number of Topliss-reactive ketones (excluding diaryl/α,β-unsaturated/α-hetero) is 1. The van der Waals surface area contributed by atoms with E-state index in [9.17, 15) is 9.90 Å². The number of fused-ring (bicyclic) bond motifs is 1. The number of carbonyl (C=O) groups excluding carboxylic acids is 1. The first-order chi connectivity index (χ1) is 16.2. The van der Waals surface area contributed by atoms with Crippen molar-refractivity contribution in [2.24, 2.45) is 17.8 Å². The molecule has 3 fully saturated rings. The molecule has 3 aliphatic rings. The van der Waals surface area contributed by atoms with Crippen LogP contribution in [0.5, 0.6) is 0 Å². The number of hydrogen-bond donors (Lipinski definition) is 2. The molecule has 6 rings (SSSR count). The van der Waals surface area contributed by atoms with E-state index >= 15 is 0 Å². The van der Waals surface area contributed by atoms with Crippen molar-refractivity contribution in [2.45, 2.75) is 56.3 Å². The number of nitrogens with zero attached hydrogens (tertiary/aromatic N) is 5. The molecule has 8 heteroatoms. The zero-order chi connectivity index (χ0) is 22.4. The van der Waals surface area contributed by atoms with Gasteiger partial charge >= 0.3 is 0 Å². The Bertz CT molecular complexity index is 1090. The van der Waals surface area contributed by atoms with Crippen molar-refractivity contribution in [3.05, 3.63) is 71.8 Å². The van der Waals surface area contributed by atoms with Gasteiger partial charge in [0.25, 0.3) is 0 Å². The predicted octanol–water partition coefficient (Wildman–Crippen LogP) is 2.54. The Morgan fingerprint density at radius 2 is 1.94 bits per heavy atom. The quantitative estimate of drug-likeness (QED) is 0.540. The normalized spacial score (nSPS) is 31.3. The van der Waals surface area contributed by atoms with Gasteiger partial charge in [-0.2, -0.15) is 0 Å². The summed E-state index contributed by atoms with van der Waals surface area (Å²) in [5, 5.41) is 25.7. The van der Waals surface area contributed by atoms with Gasteiger partial charge in [-0.25, -0.2) is 4.68 Å². The van der Waals surface area contributed by atoms with E-state index < -0.39 is 6.10 Å². The number of carbonyl (C=O) groups is 1. The van der Waals surface area contributed by atoms with Crippen LogP contribution in [0.2, 0.25) is 0 Å². The molecule has 0 bridgehead atoms. The Balaban J connectivity index is 1.02. The molecule has 33 heavy (non-hydrogen) atoms. The monoisotopic (exact) mass is 444 g/mol. The summed E-state index contributed by atoms with van der Waals surface area (Å²) in [6.45, 7) is 0. The SMILES string of the molecule is O=C(c1ccc(C[C@@H]2CC[C@H]([C@H](O)c3ccccc3)N2)cn1)C1C[C@@H]2C(n3cnnn3)[C@@H]2C1. The predicted molar refractivity (Wildman–Crippen MR) is 120 cm³/mol. The number of hydrogen-bond acceptors (Lipinski definition) is 7. The number of rotatable bonds is 7. The smallest absolute Gasteiger partial charge is 0.184 e. The maximum absolute atomic E-state index is 13.0. The van der Waals surface area contributed by atoms with E-state index in [0.717, 1.165) is 43.2 Å². The molecule has 7 atom stereocenters. The number of tetrazole rings is 1. The highest BCUT2D eigenvalue weighted by atomic mass is 16.3. The molecule has 0 spiro atoms. The van der Waals surface area contributed by atoms with Gasteiger partial charge in [-0.1, -0.05) is 36.4 Å². The summed E-state index contributed by atoms with van der Waals surface area (Å²) in [6.07, 6.45) is 7.62. The summed E-state index contributed by atoms with van der Waals surface area (Å²) in [4.78, 5) is 17.5. The van der Waals surface area contributed by atoms with Crippen LogP contribution in [-0.4, -0.2) is 48.2 Å². The molecule has 2 unspecified atom stereocenters. The summed E-state index contributed by atoms with van der Waals surface area (Å²) >= 11 is 0. The average Bonchev–Trinajstić information content (AvgIpc) is 3.38. The fourth-order valence-corrected chi connectivity index (χ4v) is 6.05. The first-order valence-corrected chi connectivity index (χ1v) is 11.9. The number of benzene rings is 1. The first-order valence-electron chi connectivity index (χ1n) is 11.9. The van der Waals surface area contributed by atoms with Gasteiger partial charge in [0, 0.05) is 24.2 Å². The minimum Gasteiger partial charge on any atom is -0.387 e. The van der Waals surface area contributed by atoms with Crippen molar-refractivity contribution in [1.29, 1.82) is 0 Å². The number of ketones is 1. The Labute approximate surface area is 192 Å². The number of nitrogens with one attached hydrogen (secondary N) is 1. The van der Waals surface area contributed by atoms with Crippen LogP contribution in [0.25, 0.3) is 0 Å². The highest BCUT2D eigenvalue weighted by molar-refractivity contribution is 5.96. The van der Waals surface area contributed by atoms with Crippen LogP contribution in [0.3, 0.4) is 0 Å². The second-order valence-corrected chi connectivity index (χ2v) is 9.80. The third-order valence-corrected chi connectivity index (χ3v) is 7.80. The lowest BCUT2D eigenvalue weighted by molar-refractivity contribution is 0.0905. The van der Waals surface area contributed by atoms with Gasteiger partial charge in [-0.05, 0) is 71.6 Å². The second kappa shape index (κ2) is 8.43. The van der Waals surface area contributed by atoms with Crippen LogP contribution >= 0.6 is 0 Å². The Kier molecular flexibility index (Phi) is 5.27. The van der Waals surface area contributed by atoms with Gasteiger partial charge in [0.15, 0.2) is 5.78 Å². The van der Waals surface area contributed by atoms with E-state index in [-0.39, 0.29) is 17.7 Å². The maximum Gasteiger partial charge on any atom is 0.184 e. The number of aliphatic hydroxyl groups excluding tert-OH is 1. The van der Waals surface area contributed by atoms with Gasteiger partial charge in [0.1, 0.15) is 12.0 Å². The highest BCUT2D eigenvalue weighted by Gasteiger charge is 2.59. The van der Waals surface area contributed by atoms with Crippen LogP contribution in [0.1, 0.15) is 59.4 Å². The summed E-state index contributed by atoms with van der Waals surface area (Å²) in [7, 11) is 0. The minimum absolute atomic E-state index is 0.0582. The van der Waals surface area contributed by atoms with Gasteiger partial charge in [0.2, 0.25) is 0 Å². The Morgan fingerprint density at radius 1 is 1.12 bits per heavy atom. The molecule has 2 N–H and O–H groups in total. The molecule has 3 aromatic rings. The van der Waals surface area contributed by atoms with Gasteiger partial charge in [-0.3, -0.25) is 9.78 Å². The van der Waals surface area contributed by atoms with Crippen molar-refractivity contribution in [3.63, 3.8) is 0 Å². The second-order valence-electron chi connectivity index (χ2n) is 9.80. The summed E-state index contributed by atoms with van der Waals surface area (Å²) < 4.78 is 1.84. The lowest BCUT2D eigenvalue weighted by Crippen LogP contribution is -2.35. The van der Waals surface area contributed by atoms with E-state index in [4.69, 9.17) is 0 Å². The van der Waals surface area contributed by atoms with Crippen LogP contribution in [0.15, 0.2) is 55.0 Å². The molecule has 8 nitrogen and oxygen atoms in total. The summed E-state index contributed by atoms with van der Waals surface area (Å²) in [5.41, 5.74) is 2.64. The third kappa shape index (κ3) is 3.98. The highest BCUT2D eigenvalue weighted by Crippen LogP contribution is 2.62. The van der Waals surface area contributed by atoms with Crippen LogP contribution < -0.4 is 5.32 Å². The summed E-state index contributed by atoms with van der Waals surface area (Å²) in [5.74, 6) is 1.24. The topological polar surface area (TPSA) is 106 Å². The fraction of sp³-hybridized carbons (Fsp3) is 0.480. The van der Waals surface area contributed by atoms with E-state index in [0.29, 0.717) is 29.6 Å². The maximum atomic E-state index is 13.0. The number of aromatic nitrogens is 5. The Hall–Kier alpha value is -2.97. The third-order valence-electron chi connectivity index (χ3n) is 7.80. The van der Waals surface area contributed by atoms with Crippen LogP contribution in [0, 0.1) is 17.8 Å². The van der Waals surface area contributed by atoms with E-state index in [1.54, 1.807) is 6.33 Å². The molecule has 3 heterocycles. The van der Waals surface area contributed by atoms with Crippen molar-refractivity contribution < 1.29 is 9.90 Å². The molecule has 2 aliphatic carbocycles. The zero-order valence-electron chi connectivity index (χ0n) is 18.4. The number of aliphatic hydroxyl groups is 1. The number of pyridine rings is 1. The average molecular weight is 445 g/mol. The van der Waals surface area contributed by atoms with Crippen molar-refractivity contribution in [1.82, 2.24) is 30.5 Å². The molecular weight excluding hydrogens is 416 g/mol. The zero-order valence-corrected chi connectivity index (χ0v) is 18.4. The van der Waals surface area contributed by atoms with E-state index in [1.807, 2.05) is 53.3 Å². The van der Waals surface area contributed by atoms with Crippen LogP contribution in [-0.2, 0) is 6.42 Å². The van der Waals surface area contributed by atoms with Gasteiger partial charge < -0.3 is 10.4 Å². The minimum atomic E-state index is -0.493. The summed E-state index contributed by atoms with van der Waals surface area (Å²) in [6, 6.07) is 14.5. The van der Waals surface area contributed by atoms with Crippen molar-refractivity contribution in [3.8, 4) is 0 Å². The largest absolute Gasteiger partial charge is 0.387 e. The van der Waals surface area contributed by atoms with E-state index in [1.165, 1.54) is 0 Å². The fourth-order valence-electron chi connectivity index (χ4n) is 6.05. The Morgan fingerprint density at radius 3 is 2.64 bits per heavy atom. The van der Waals surface area contributed by atoms with Crippen molar-refractivity contribution >= 4 is 5.78 Å². The lowest BCUT2D eigenvalue weighted by atomic mass is 9.94. The standard InChI is InChI=1S/C25H28N6O2/c32-24(16-4-2-1-3-5-16)22-9-7-18(28-22)10-15-6-8-21(26-13-15)25(33)17-11-19-20(12-17)23(19)31-14-27-29-30-31/h1-6,8,13-14,17-20,22-24,28,32H,7,9-12H2/t17?,18-,19-,20+,22+,23?,24+/m0/s1. The molecular formula is C25H28N6O2. The van der Waals surface area contributed by atoms with Crippen LogP contribution in [0.4, 0.5) is 0 Å². The molecule has 2 aromatic heterocycles. The molecule has 2 saturated carbocycles. The van der Waals surface area contributed by atoms with Gasteiger partial charge in [-0.15, -0.1) is 5.10 Å². The molecule has 1 aliphatic heterocycles. The van der Waals surface area contributed by atoms with Crippen molar-refractivity contribution in [2.75, 3.05) is 0 Å². The molecule has 1 saturated heterocycles. The molecule has 0 radical (unpaired) electrons. The molecule has 170 valence electrons. The molecule has 0 amide bonds. The molecule has 1 aromatic carbocycles.